The maximum Gasteiger partial charge on any atom is 0.248 e. The van der Waals surface area contributed by atoms with Gasteiger partial charge in [-0.2, -0.15) is 11.8 Å². The molecule has 1 N–H and O–H groups in total. The zero-order valence-corrected chi connectivity index (χ0v) is 12.0. The molecule has 0 aliphatic carbocycles. The molecule has 0 atom stereocenters. The average molecular weight is 278 g/mol. The van der Waals surface area contributed by atoms with E-state index in [9.17, 15) is 4.79 Å². The monoisotopic (exact) mass is 278 g/mol. The van der Waals surface area contributed by atoms with Gasteiger partial charge in [0.15, 0.2) is 5.82 Å². The fourth-order valence-electron chi connectivity index (χ4n) is 1.90. The molecule has 1 amide bonds. The van der Waals surface area contributed by atoms with E-state index in [-0.39, 0.29) is 5.91 Å². The highest BCUT2D eigenvalue weighted by atomic mass is 32.2. The zero-order chi connectivity index (χ0) is 13.7. The molecule has 2 rings (SSSR count). The fourth-order valence-corrected chi connectivity index (χ4v) is 2.92. The maximum atomic E-state index is 12.0. The lowest BCUT2D eigenvalue weighted by Crippen LogP contribution is -2.17. The van der Waals surface area contributed by atoms with Crippen LogP contribution >= 0.6 is 11.8 Å². The molecule has 1 aromatic heterocycles. The largest absolute Gasteiger partial charge is 0.361 e. The van der Waals surface area contributed by atoms with Crippen LogP contribution in [0.1, 0.15) is 12.8 Å². The topological polar surface area (TPSA) is 58.1 Å². The molecular formula is C13H18N4OS. The van der Waals surface area contributed by atoms with Crippen molar-refractivity contribution in [2.75, 3.05) is 35.8 Å². The number of carbonyl (C=O) groups is 1. The van der Waals surface area contributed by atoms with Gasteiger partial charge < -0.3 is 10.2 Å². The van der Waals surface area contributed by atoms with Crippen LogP contribution in [0.4, 0.5) is 11.5 Å². The van der Waals surface area contributed by atoms with Crippen molar-refractivity contribution in [3.05, 3.63) is 24.2 Å². The smallest absolute Gasteiger partial charge is 0.248 e. The summed E-state index contributed by atoms with van der Waals surface area (Å²) in [7, 11) is 3.77. The first-order chi connectivity index (χ1) is 9.16. The molecule has 0 bridgehead atoms. The minimum atomic E-state index is -0.0974. The van der Waals surface area contributed by atoms with Gasteiger partial charge in [0.2, 0.25) is 5.91 Å². The lowest BCUT2D eigenvalue weighted by atomic mass is 10.1. The summed E-state index contributed by atoms with van der Waals surface area (Å²) < 4.78 is 0. The zero-order valence-electron chi connectivity index (χ0n) is 11.2. The minimum Gasteiger partial charge on any atom is -0.361 e. The van der Waals surface area contributed by atoms with E-state index in [4.69, 9.17) is 0 Å². The van der Waals surface area contributed by atoms with Gasteiger partial charge in [-0.25, -0.2) is 9.97 Å². The molecule has 0 spiro atoms. The molecule has 0 unspecified atom stereocenters. The Bertz CT molecular complexity index is 479. The quantitative estimate of drug-likeness (QED) is 0.856. The normalized spacial score (nSPS) is 14.9. The number of rotatable bonds is 3. The summed E-state index contributed by atoms with van der Waals surface area (Å²) in [5.41, 5.74) is 1.86. The summed E-state index contributed by atoms with van der Waals surface area (Å²) in [6.07, 6.45) is 6.82. The summed E-state index contributed by atoms with van der Waals surface area (Å²) in [6, 6.07) is 0. The molecule has 2 heterocycles. The second-order valence-corrected chi connectivity index (χ2v) is 5.78. The van der Waals surface area contributed by atoms with E-state index in [1.807, 2.05) is 30.8 Å². The van der Waals surface area contributed by atoms with Crippen molar-refractivity contribution in [1.29, 1.82) is 0 Å². The van der Waals surface area contributed by atoms with E-state index in [1.54, 1.807) is 12.3 Å². The number of allylic oxidation sites excluding steroid dienone is 1. The van der Waals surface area contributed by atoms with Crippen molar-refractivity contribution < 1.29 is 4.79 Å². The van der Waals surface area contributed by atoms with Gasteiger partial charge in [0.25, 0.3) is 0 Å². The Hall–Kier alpha value is -1.56. The lowest BCUT2D eigenvalue weighted by molar-refractivity contribution is -0.112. The predicted octanol–water partition coefficient (Wildman–Crippen LogP) is 1.93. The van der Waals surface area contributed by atoms with E-state index in [0.717, 1.165) is 24.3 Å². The van der Waals surface area contributed by atoms with Crippen LogP contribution in [0.25, 0.3) is 0 Å². The van der Waals surface area contributed by atoms with Crippen molar-refractivity contribution in [3.63, 3.8) is 0 Å². The number of aromatic nitrogens is 2. The van der Waals surface area contributed by atoms with E-state index in [2.05, 4.69) is 15.3 Å². The highest BCUT2D eigenvalue weighted by molar-refractivity contribution is 7.99. The second-order valence-electron chi connectivity index (χ2n) is 4.56. The van der Waals surface area contributed by atoms with Crippen molar-refractivity contribution in [2.24, 2.45) is 0 Å². The average Bonchev–Trinajstić information content (AvgIpc) is 2.40. The van der Waals surface area contributed by atoms with Gasteiger partial charge in [-0.15, -0.1) is 0 Å². The Morgan fingerprint density at radius 1 is 1.42 bits per heavy atom. The Morgan fingerprint density at radius 2 is 2.16 bits per heavy atom. The first-order valence-electron chi connectivity index (χ1n) is 6.22. The van der Waals surface area contributed by atoms with E-state index in [1.165, 1.54) is 11.9 Å². The van der Waals surface area contributed by atoms with Crippen LogP contribution in [0.5, 0.6) is 0 Å². The summed E-state index contributed by atoms with van der Waals surface area (Å²) in [5, 5.41) is 2.85. The Kier molecular flexibility index (Phi) is 4.79. The van der Waals surface area contributed by atoms with Crippen LogP contribution in [0.15, 0.2) is 24.2 Å². The molecule has 1 saturated heterocycles. The number of amides is 1. The lowest BCUT2D eigenvalue weighted by Gasteiger charge is -2.16. The SMILES string of the molecule is CN(C)c1ncncc1NC(=O)C=C1CCSCC1. The molecule has 6 heteroatoms. The summed E-state index contributed by atoms with van der Waals surface area (Å²) in [5.74, 6) is 2.83. The number of anilines is 2. The summed E-state index contributed by atoms with van der Waals surface area (Å²) in [6.45, 7) is 0. The molecule has 1 aromatic rings. The highest BCUT2D eigenvalue weighted by Gasteiger charge is 2.11. The van der Waals surface area contributed by atoms with Gasteiger partial charge >= 0.3 is 0 Å². The van der Waals surface area contributed by atoms with Gasteiger partial charge in [-0.05, 0) is 24.3 Å². The summed E-state index contributed by atoms with van der Waals surface area (Å²) >= 11 is 1.94. The highest BCUT2D eigenvalue weighted by Crippen LogP contribution is 2.23. The maximum absolute atomic E-state index is 12.0. The fraction of sp³-hybridized carbons (Fsp3) is 0.462. The minimum absolute atomic E-state index is 0.0974. The van der Waals surface area contributed by atoms with Gasteiger partial charge in [0.05, 0.1) is 6.20 Å². The predicted molar refractivity (Wildman–Crippen MR) is 79.6 cm³/mol. The third-order valence-electron chi connectivity index (χ3n) is 2.84. The molecule has 1 aliphatic heterocycles. The molecule has 0 saturated carbocycles. The van der Waals surface area contributed by atoms with Gasteiger partial charge in [0, 0.05) is 20.2 Å². The number of thioether (sulfide) groups is 1. The third-order valence-corrected chi connectivity index (χ3v) is 3.83. The molecule has 1 aliphatic rings. The first-order valence-corrected chi connectivity index (χ1v) is 7.38. The molecular weight excluding hydrogens is 260 g/mol. The molecule has 0 radical (unpaired) electrons. The van der Waals surface area contributed by atoms with Crippen LogP contribution < -0.4 is 10.2 Å². The summed E-state index contributed by atoms with van der Waals surface area (Å²) in [4.78, 5) is 21.9. The molecule has 5 nitrogen and oxygen atoms in total. The Balaban J connectivity index is 2.06. The molecule has 1 fully saturated rings. The Morgan fingerprint density at radius 3 is 2.84 bits per heavy atom. The van der Waals surface area contributed by atoms with Crippen LogP contribution in [-0.4, -0.2) is 41.5 Å². The number of nitrogens with one attached hydrogen (secondary N) is 1. The van der Waals surface area contributed by atoms with Gasteiger partial charge in [0.1, 0.15) is 12.0 Å². The molecule has 102 valence electrons. The van der Waals surface area contributed by atoms with Gasteiger partial charge in [-0.1, -0.05) is 5.57 Å². The van der Waals surface area contributed by atoms with E-state index < -0.39 is 0 Å². The Labute approximate surface area is 117 Å². The van der Waals surface area contributed by atoms with Gasteiger partial charge in [-0.3, -0.25) is 4.79 Å². The third kappa shape index (κ3) is 3.96. The number of hydrogen-bond donors (Lipinski definition) is 1. The van der Waals surface area contributed by atoms with Crippen molar-refractivity contribution >= 4 is 29.2 Å². The van der Waals surface area contributed by atoms with Crippen LogP contribution in [0.3, 0.4) is 0 Å². The van der Waals surface area contributed by atoms with Crippen molar-refractivity contribution in [2.45, 2.75) is 12.8 Å². The molecule has 19 heavy (non-hydrogen) atoms. The van der Waals surface area contributed by atoms with Crippen molar-refractivity contribution in [1.82, 2.24) is 9.97 Å². The van der Waals surface area contributed by atoms with Crippen LogP contribution in [0, 0.1) is 0 Å². The second kappa shape index (κ2) is 6.56. The first kappa shape index (κ1) is 13.9. The number of hydrogen-bond acceptors (Lipinski definition) is 5. The standard InChI is InChI=1S/C13H18N4OS/c1-17(2)13-11(8-14-9-15-13)16-12(18)7-10-3-5-19-6-4-10/h7-9H,3-6H2,1-2H3,(H,16,18). The van der Waals surface area contributed by atoms with Crippen LogP contribution in [0.2, 0.25) is 0 Å². The molecule has 0 aromatic carbocycles. The van der Waals surface area contributed by atoms with E-state index >= 15 is 0 Å². The number of nitrogens with zero attached hydrogens (tertiary/aromatic N) is 3. The number of carbonyl (C=O) groups excluding carboxylic acids is 1. The van der Waals surface area contributed by atoms with Crippen LogP contribution in [-0.2, 0) is 4.79 Å². The van der Waals surface area contributed by atoms with Crippen molar-refractivity contribution in [3.8, 4) is 0 Å². The van der Waals surface area contributed by atoms with E-state index in [0.29, 0.717) is 11.5 Å².